The maximum Gasteiger partial charge on any atom is 0.229 e. The lowest BCUT2D eigenvalue weighted by Crippen LogP contribution is -2.54. The van der Waals surface area contributed by atoms with Gasteiger partial charge >= 0.3 is 0 Å². The number of nitrogens with zero attached hydrogens (tertiary/aromatic N) is 3. The van der Waals surface area contributed by atoms with Crippen LogP contribution in [0, 0.1) is 17.2 Å². The van der Waals surface area contributed by atoms with Crippen molar-refractivity contribution < 1.29 is 14.0 Å². The quantitative estimate of drug-likeness (QED) is 0.714. The molecule has 1 aromatic carbocycles. The molecule has 32 heavy (non-hydrogen) atoms. The molecule has 2 amide bonds. The Morgan fingerprint density at radius 3 is 2.59 bits per heavy atom. The van der Waals surface area contributed by atoms with E-state index in [9.17, 15) is 14.0 Å². The zero-order valence-corrected chi connectivity index (χ0v) is 18.8. The van der Waals surface area contributed by atoms with Gasteiger partial charge in [-0.2, -0.15) is 0 Å². The maximum absolute atomic E-state index is 14.0. The zero-order valence-electron chi connectivity index (χ0n) is 18.8. The van der Waals surface area contributed by atoms with Crippen LogP contribution < -0.4 is 0 Å². The summed E-state index contributed by atoms with van der Waals surface area (Å²) in [6, 6.07) is 12.5. The summed E-state index contributed by atoms with van der Waals surface area (Å²) in [4.78, 5) is 34.1. The van der Waals surface area contributed by atoms with Crippen molar-refractivity contribution in [1.29, 1.82) is 0 Å². The first kappa shape index (κ1) is 22.4. The summed E-state index contributed by atoms with van der Waals surface area (Å²) in [6.07, 6.45) is 6.51. The van der Waals surface area contributed by atoms with Crippen LogP contribution >= 0.6 is 0 Å². The first-order valence-electron chi connectivity index (χ1n) is 11.6. The first-order chi connectivity index (χ1) is 15.4. The molecular weight excluding hydrogens is 405 g/mol. The van der Waals surface area contributed by atoms with Gasteiger partial charge in [0.15, 0.2) is 0 Å². The van der Waals surface area contributed by atoms with E-state index in [4.69, 9.17) is 0 Å². The molecule has 0 bridgehead atoms. The highest BCUT2D eigenvalue weighted by atomic mass is 19.1. The van der Waals surface area contributed by atoms with Gasteiger partial charge in [0.25, 0.3) is 0 Å². The largest absolute Gasteiger partial charge is 0.343 e. The van der Waals surface area contributed by atoms with Crippen LogP contribution in [-0.4, -0.2) is 52.8 Å². The smallest absolute Gasteiger partial charge is 0.229 e. The van der Waals surface area contributed by atoms with Gasteiger partial charge < -0.3 is 9.80 Å². The molecule has 2 aliphatic heterocycles. The molecule has 2 aromatic rings. The number of amides is 2. The van der Waals surface area contributed by atoms with Crippen molar-refractivity contribution in [2.75, 3.05) is 26.2 Å². The van der Waals surface area contributed by atoms with Crippen molar-refractivity contribution >= 4 is 11.8 Å². The minimum Gasteiger partial charge on any atom is -0.343 e. The molecule has 0 radical (unpaired) electrons. The lowest BCUT2D eigenvalue weighted by atomic mass is 9.72. The fraction of sp³-hybridized carbons (Fsp3) is 0.500. The number of carbonyl (C=O) groups excluding carboxylic acids is 2. The summed E-state index contributed by atoms with van der Waals surface area (Å²) in [5.74, 6) is 0.326. The number of benzene rings is 1. The van der Waals surface area contributed by atoms with Gasteiger partial charge in [-0.25, -0.2) is 4.39 Å². The monoisotopic (exact) mass is 437 g/mol. The molecule has 0 N–H and O–H groups in total. The van der Waals surface area contributed by atoms with Crippen LogP contribution in [0.25, 0.3) is 0 Å². The standard InChI is InChI=1S/C26H32FN3O2/c1-20(31)29-14-10-26(11-15-29,18-21-6-4-8-23(27)16-21)25(32)30-13-5-7-22(19-30)17-24-9-2-3-12-28-24/h2-4,6,8-9,12,16,22H,5,7,10-11,13-15,17-19H2,1H3/t22-/m0/s1. The van der Waals surface area contributed by atoms with Crippen LogP contribution in [0.4, 0.5) is 4.39 Å². The number of likely N-dealkylation sites (tertiary alicyclic amines) is 2. The van der Waals surface area contributed by atoms with E-state index in [1.54, 1.807) is 13.0 Å². The molecule has 2 saturated heterocycles. The number of carbonyl (C=O) groups is 2. The third-order valence-corrected chi connectivity index (χ3v) is 7.08. The highest BCUT2D eigenvalue weighted by Gasteiger charge is 2.45. The van der Waals surface area contributed by atoms with Crippen molar-refractivity contribution in [3.05, 3.63) is 65.7 Å². The van der Waals surface area contributed by atoms with Crippen molar-refractivity contribution in [3.63, 3.8) is 0 Å². The Balaban J connectivity index is 1.52. The number of halogens is 1. The number of piperidine rings is 2. The molecule has 170 valence electrons. The number of pyridine rings is 1. The molecule has 3 heterocycles. The van der Waals surface area contributed by atoms with Gasteiger partial charge in [-0.1, -0.05) is 18.2 Å². The van der Waals surface area contributed by atoms with E-state index < -0.39 is 5.41 Å². The average Bonchev–Trinajstić information content (AvgIpc) is 2.80. The minimum absolute atomic E-state index is 0.0465. The van der Waals surface area contributed by atoms with E-state index in [1.165, 1.54) is 12.1 Å². The number of hydrogen-bond acceptors (Lipinski definition) is 3. The second-order valence-corrected chi connectivity index (χ2v) is 9.38. The highest BCUT2D eigenvalue weighted by molar-refractivity contribution is 5.84. The fourth-order valence-corrected chi connectivity index (χ4v) is 5.32. The van der Waals surface area contributed by atoms with E-state index in [0.717, 1.165) is 43.6 Å². The molecule has 2 fully saturated rings. The van der Waals surface area contributed by atoms with Crippen LogP contribution in [0.5, 0.6) is 0 Å². The lowest BCUT2D eigenvalue weighted by molar-refractivity contribution is -0.149. The molecule has 1 atom stereocenters. The van der Waals surface area contributed by atoms with E-state index in [0.29, 0.717) is 38.3 Å². The SMILES string of the molecule is CC(=O)N1CCC(Cc2cccc(F)c2)(C(=O)N2CCC[C@@H](Cc3ccccn3)C2)CC1. The van der Waals surface area contributed by atoms with Crippen LogP contribution in [0.2, 0.25) is 0 Å². The summed E-state index contributed by atoms with van der Waals surface area (Å²) in [6.45, 7) is 4.22. The topological polar surface area (TPSA) is 53.5 Å². The van der Waals surface area contributed by atoms with Crippen LogP contribution in [-0.2, 0) is 22.4 Å². The molecule has 0 spiro atoms. The van der Waals surface area contributed by atoms with Gasteiger partial charge in [-0.05, 0) is 74.3 Å². The summed E-state index contributed by atoms with van der Waals surface area (Å²) in [7, 11) is 0. The third-order valence-electron chi connectivity index (χ3n) is 7.08. The Bertz CT molecular complexity index is 941. The molecule has 0 unspecified atom stereocenters. The Morgan fingerprint density at radius 2 is 1.91 bits per heavy atom. The molecule has 1 aromatic heterocycles. The molecule has 0 saturated carbocycles. The van der Waals surface area contributed by atoms with Crippen molar-refractivity contribution in [2.45, 2.75) is 45.4 Å². The fourth-order valence-electron chi connectivity index (χ4n) is 5.32. The van der Waals surface area contributed by atoms with Gasteiger partial charge in [0, 0.05) is 45.0 Å². The predicted molar refractivity (Wildman–Crippen MR) is 121 cm³/mol. The molecule has 2 aliphatic rings. The lowest BCUT2D eigenvalue weighted by Gasteiger charge is -2.45. The van der Waals surface area contributed by atoms with Gasteiger partial charge in [0.05, 0.1) is 5.41 Å². The van der Waals surface area contributed by atoms with E-state index in [-0.39, 0.29) is 17.6 Å². The number of hydrogen-bond donors (Lipinski definition) is 0. The predicted octanol–water partition coefficient (Wildman–Crippen LogP) is 3.87. The van der Waals surface area contributed by atoms with Crippen LogP contribution in [0.3, 0.4) is 0 Å². The Kier molecular flexibility index (Phi) is 6.87. The number of rotatable bonds is 5. The third kappa shape index (κ3) is 5.17. The van der Waals surface area contributed by atoms with E-state index in [1.807, 2.05) is 40.3 Å². The van der Waals surface area contributed by atoms with Gasteiger partial charge in [0.2, 0.25) is 11.8 Å². The van der Waals surface area contributed by atoms with Crippen molar-refractivity contribution in [1.82, 2.24) is 14.8 Å². The Morgan fingerprint density at radius 1 is 1.09 bits per heavy atom. The highest BCUT2D eigenvalue weighted by Crippen LogP contribution is 2.38. The van der Waals surface area contributed by atoms with Gasteiger partial charge in [-0.15, -0.1) is 0 Å². The molecule has 4 rings (SSSR count). The van der Waals surface area contributed by atoms with Crippen LogP contribution in [0.15, 0.2) is 48.7 Å². The number of aromatic nitrogens is 1. The Hall–Kier alpha value is -2.76. The second kappa shape index (κ2) is 9.80. The minimum atomic E-state index is -0.591. The Labute approximate surface area is 189 Å². The first-order valence-corrected chi connectivity index (χ1v) is 11.6. The van der Waals surface area contributed by atoms with E-state index >= 15 is 0 Å². The van der Waals surface area contributed by atoms with Crippen LogP contribution in [0.1, 0.15) is 43.9 Å². The van der Waals surface area contributed by atoms with Crippen molar-refractivity contribution in [2.24, 2.45) is 11.3 Å². The summed E-state index contributed by atoms with van der Waals surface area (Å²) in [5, 5.41) is 0. The molecule has 0 aliphatic carbocycles. The summed E-state index contributed by atoms with van der Waals surface area (Å²) >= 11 is 0. The second-order valence-electron chi connectivity index (χ2n) is 9.38. The van der Waals surface area contributed by atoms with Gasteiger partial charge in [-0.3, -0.25) is 14.6 Å². The summed E-state index contributed by atoms with van der Waals surface area (Å²) < 4.78 is 13.9. The average molecular weight is 438 g/mol. The zero-order chi connectivity index (χ0) is 22.6. The van der Waals surface area contributed by atoms with Crippen molar-refractivity contribution in [3.8, 4) is 0 Å². The molecule has 6 heteroatoms. The van der Waals surface area contributed by atoms with E-state index in [2.05, 4.69) is 4.98 Å². The maximum atomic E-state index is 14.0. The summed E-state index contributed by atoms with van der Waals surface area (Å²) in [5.41, 5.74) is 1.32. The molecular formula is C26H32FN3O2. The van der Waals surface area contributed by atoms with Gasteiger partial charge in [0.1, 0.15) is 5.82 Å². The normalized spacial score (nSPS) is 20.8. The molecule has 5 nitrogen and oxygen atoms in total.